The van der Waals surface area contributed by atoms with Gasteiger partial charge in [0, 0.05) is 72.0 Å². The summed E-state index contributed by atoms with van der Waals surface area (Å²) in [7, 11) is 2.18. The highest BCUT2D eigenvalue weighted by Gasteiger charge is 2.15. The molecule has 5 aromatic rings. The van der Waals surface area contributed by atoms with Crippen LogP contribution in [0.5, 0.6) is 0 Å². The molecule has 1 aliphatic rings. The number of piperazine rings is 1. The van der Waals surface area contributed by atoms with Crippen molar-refractivity contribution in [2.75, 3.05) is 43.4 Å². The summed E-state index contributed by atoms with van der Waals surface area (Å²) in [5.41, 5.74) is 4.37. The number of fused-ring (bicyclic) bond motifs is 2. The molecule has 0 spiro atoms. The summed E-state index contributed by atoms with van der Waals surface area (Å²) < 4.78 is 1.20. The number of nitrogens with zero attached hydrogens (tertiary/aromatic N) is 4. The van der Waals surface area contributed by atoms with Gasteiger partial charge in [-0.3, -0.25) is 4.98 Å². The molecule has 0 amide bonds. The lowest BCUT2D eigenvalue weighted by Crippen LogP contribution is -2.44. The summed E-state index contributed by atoms with van der Waals surface area (Å²) in [6, 6.07) is 17.1. The number of anilines is 3. The molecule has 1 fully saturated rings. The van der Waals surface area contributed by atoms with Gasteiger partial charge in [0.1, 0.15) is 11.5 Å². The SMILES string of the molecule is CN1CCN(c2cccc(Nc3ccc4c(-c5cc6ccncc6s5)c[nH]c4n3)c2)CC1. The highest BCUT2D eigenvalue weighted by atomic mass is 32.1. The number of H-pyrrole nitrogens is 1. The molecule has 6 nitrogen and oxygen atoms in total. The van der Waals surface area contributed by atoms with Crippen LogP contribution in [-0.4, -0.2) is 53.1 Å². The molecule has 0 atom stereocenters. The van der Waals surface area contributed by atoms with E-state index in [2.05, 4.69) is 80.7 Å². The molecular weight excluding hydrogens is 416 g/mol. The van der Waals surface area contributed by atoms with Gasteiger partial charge in [-0.2, -0.15) is 0 Å². The van der Waals surface area contributed by atoms with E-state index >= 15 is 0 Å². The Morgan fingerprint density at radius 3 is 2.81 bits per heavy atom. The second-order valence-electron chi connectivity index (χ2n) is 8.28. The van der Waals surface area contributed by atoms with E-state index in [0.717, 1.165) is 48.7 Å². The Morgan fingerprint density at radius 2 is 1.94 bits per heavy atom. The van der Waals surface area contributed by atoms with Gasteiger partial charge < -0.3 is 20.1 Å². The first-order valence-electron chi connectivity index (χ1n) is 10.9. The van der Waals surface area contributed by atoms with E-state index in [-0.39, 0.29) is 0 Å². The first-order chi connectivity index (χ1) is 15.7. The zero-order valence-electron chi connectivity index (χ0n) is 17.9. The third-order valence-electron chi connectivity index (χ3n) is 6.11. The Bertz CT molecular complexity index is 1360. The number of thiophene rings is 1. The van der Waals surface area contributed by atoms with Gasteiger partial charge in [0.15, 0.2) is 0 Å². The first kappa shape index (κ1) is 19.3. The molecule has 0 aliphatic carbocycles. The monoisotopic (exact) mass is 440 g/mol. The summed E-state index contributed by atoms with van der Waals surface area (Å²) in [6.45, 7) is 4.31. The fourth-order valence-corrected chi connectivity index (χ4v) is 5.35. The van der Waals surface area contributed by atoms with Gasteiger partial charge in [-0.05, 0) is 54.9 Å². The van der Waals surface area contributed by atoms with Crippen LogP contribution in [0.15, 0.2) is 67.1 Å². The maximum atomic E-state index is 4.83. The molecule has 1 aliphatic heterocycles. The molecule has 0 bridgehead atoms. The second kappa shape index (κ2) is 7.93. The van der Waals surface area contributed by atoms with Crippen molar-refractivity contribution in [2.45, 2.75) is 0 Å². The normalized spacial score (nSPS) is 15.0. The largest absolute Gasteiger partial charge is 0.369 e. The van der Waals surface area contributed by atoms with Crippen LogP contribution < -0.4 is 10.2 Å². The summed E-state index contributed by atoms with van der Waals surface area (Å²) in [5.74, 6) is 0.835. The molecule has 1 saturated heterocycles. The molecule has 0 unspecified atom stereocenters. The number of hydrogen-bond donors (Lipinski definition) is 2. The topological polar surface area (TPSA) is 60.1 Å². The fraction of sp³-hybridized carbons (Fsp3) is 0.200. The van der Waals surface area contributed by atoms with Gasteiger partial charge in [-0.1, -0.05) is 6.07 Å². The summed E-state index contributed by atoms with van der Waals surface area (Å²) in [4.78, 5) is 18.5. The van der Waals surface area contributed by atoms with Crippen molar-refractivity contribution in [3.63, 3.8) is 0 Å². The number of likely N-dealkylation sites (N-methyl/N-ethyl adjacent to an activating group) is 1. The van der Waals surface area contributed by atoms with E-state index in [0.29, 0.717) is 0 Å². The number of rotatable bonds is 4. The van der Waals surface area contributed by atoms with Gasteiger partial charge in [0.2, 0.25) is 0 Å². The van der Waals surface area contributed by atoms with Gasteiger partial charge in [-0.25, -0.2) is 4.98 Å². The van der Waals surface area contributed by atoms with Crippen molar-refractivity contribution in [3.05, 3.63) is 67.1 Å². The number of aromatic nitrogens is 3. The Kier molecular flexibility index (Phi) is 4.78. The van der Waals surface area contributed by atoms with Crippen molar-refractivity contribution in [3.8, 4) is 10.4 Å². The molecule has 5 heterocycles. The molecule has 6 rings (SSSR count). The zero-order chi connectivity index (χ0) is 21.5. The minimum atomic E-state index is 0.835. The molecule has 160 valence electrons. The average molecular weight is 441 g/mol. The third-order valence-corrected chi connectivity index (χ3v) is 7.23. The van der Waals surface area contributed by atoms with E-state index < -0.39 is 0 Å². The maximum Gasteiger partial charge on any atom is 0.140 e. The molecule has 1 aromatic carbocycles. The smallest absolute Gasteiger partial charge is 0.140 e. The number of pyridine rings is 2. The lowest BCUT2D eigenvalue weighted by molar-refractivity contribution is 0.313. The lowest BCUT2D eigenvalue weighted by atomic mass is 10.1. The second-order valence-corrected chi connectivity index (χ2v) is 9.37. The van der Waals surface area contributed by atoms with E-state index in [1.54, 1.807) is 11.3 Å². The minimum Gasteiger partial charge on any atom is -0.369 e. The summed E-state index contributed by atoms with van der Waals surface area (Å²) >= 11 is 1.76. The predicted octanol–water partition coefficient (Wildman–Crippen LogP) is 5.34. The van der Waals surface area contributed by atoms with Crippen LogP contribution in [0.2, 0.25) is 0 Å². The van der Waals surface area contributed by atoms with Gasteiger partial charge >= 0.3 is 0 Å². The van der Waals surface area contributed by atoms with Crippen molar-refractivity contribution in [2.24, 2.45) is 0 Å². The van der Waals surface area contributed by atoms with Crippen molar-refractivity contribution in [1.82, 2.24) is 19.9 Å². The van der Waals surface area contributed by atoms with Crippen molar-refractivity contribution >= 4 is 49.6 Å². The quantitative estimate of drug-likeness (QED) is 0.395. The van der Waals surface area contributed by atoms with Gasteiger partial charge in [-0.15, -0.1) is 11.3 Å². The Labute approximate surface area is 190 Å². The van der Waals surface area contributed by atoms with Crippen LogP contribution in [0, 0.1) is 0 Å². The third kappa shape index (κ3) is 3.59. The van der Waals surface area contributed by atoms with Gasteiger partial charge in [0.25, 0.3) is 0 Å². The van der Waals surface area contributed by atoms with Crippen LogP contribution in [0.4, 0.5) is 17.2 Å². The molecule has 32 heavy (non-hydrogen) atoms. The fourth-order valence-electron chi connectivity index (χ4n) is 4.29. The molecule has 2 N–H and O–H groups in total. The Balaban J connectivity index is 1.26. The predicted molar refractivity (Wildman–Crippen MR) is 134 cm³/mol. The molecular formula is C25H24N6S. The van der Waals surface area contributed by atoms with Crippen molar-refractivity contribution < 1.29 is 0 Å². The van der Waals surface area contributed by atoms with Crippen molar-refractivity contribution in [1.29, 1.82) is 0 Å². The summed E-state index contributed by atoms with van der Waals surface area (Å²) in [6.07, 6.45) is 5.81. The summed E-state index contributed by atoms with van der Waals surface area (Å²) in [5, 5.41) is 5.83. The van der Waals surface area contributed by atoms with Crippen LogP contribution in [0.25, 0.3) is 31.6 Å². The van der Waals surface area contributed by atoms with Crippen LogP contribution in [0.1, 0.15) is 0 Å². The van der Waals surface area contributed by atoms with Gasteiger partial charge in [0.05, 0.1) is 4.70 Å². The number of nitrogens with one attached hydrogen (secondary N) is 2. The van der Waals surface area contributed by atoms with Crippen LogP contribution >= 0.6 is 11.3 Å². The Hall–Kier alpha value is -3.42. The maximum absolute atomic E-state index is 4.83. The molecule has 0 saturated carbocycles. The van der Waals surface area contributed by atoms with E-state index in [4.69, 9.17) is 4.98 Å². The number of hydrogen-bond acceptors (Lipinski definition) is 6. The molecule has 0 radical (unpaired) electrons. The highest BCUT2D eigenvalue weighted by molar-refractivity contribution is 7.22. The lowest BCUT2D eigenvalue weighted by Gasteiger charge is -2.34. The molecule has 4 aromatic heterocycles. The van der Waals surface area contributed by atoms with E-state index in [9.17, 15) is 0 Å². The highest BCUT2D eigenvalue weighted by Crippen LogP contribution is 2.37. The van der Waals surface area contributed by atoms with Crippen LogP contribution in [-0.2, 0) is 0 Å². The zero-order valence-corrected chi connectivity index (χ0v) is 18.7. The van der Waals surface area contributed by atoms with E-state index in [1.165, 1.54) is 26.2 Å². The van der Waals surface area contributed by atoms with E-state index in [1.807, 2.05) is 18.6 Å². The average Bonchev–Trinajstić information content (AvgIpc) is 3.43. The first-order valence-corrected chi connectivity index (χ1v) is 11.7. The number of aromatic amines is 1. The Morgan fingerprint density at radius 1 is 1.03 bits per heavy atom. The number of benzene rings is 1. The standard InChI is InChI=1S/C25H24N6S/c1-30-9-11-31(12-10-30)19-4-2-3-18(14-19)28-24-6-5-20-21(15-27-25(20)29-24)22-13-17-7-8-26-16-23(17)32-22/h2-8,13-16H,9-12H2,1H3,(H2,27,28,29). The van der Waals surface area contributed by atoms with Crippen LogP contribution in [0.3, 0.4) is 0 Å². The minimum absolute atomic E-state index is 0.835. The molecule has 7 heteroatoms.